The molecule has 2 heteroatoms. The van der Waals surface area contributed by atoms with Crippen LogP contribution in [0.1, 0.15) is 13.8 Å². The molecule has 0 aromatic rings. The highest BCUT2D eigenvalue weighted by Crippen LogP contribution is 1.98. The molecule has 0 aliphatic carbocycles. The van der Waals surface area contributed by atoms with E-state index < -0.39 is 5.83 Å². The molecule has 0 aromatic carbocycles. The van der Waals surface area contributed by atoms with Crippen molar-refractivity contribution in [2.24, 2.45) is 0 Å². The summed E-state index contributed by atoms with van der Waals surface area (Å²) >= 11 is 0. The third kappa shape index (κ3) is 6.71. The number of rotatable bonds is 3. The fourth-order valence-corrected chi connectivity index (χ4v) is 0.441. The van der Waals surface area contributed by atoms with E-state index in [1.807, 2.05) is 0 Å². The van der Waals surface area contributed by atoms with E-state index in [1.54, 1.807) is 19.1 Å². The van der Waals surface area contributed by atoms with Crippen LogP contribution in [-0.2, 0) is 4.79 Å². The molecule has 0 unspecified atom stereocenters. The fraction of sp³-hybridized carbons (Fsp3) is 0.222. The van der Waals surface area contributed by atoms with Crippen molar-refractivity contribution < 1.29 is 9.18 Å². The van der Waals surface area contributed by atoms with Gasteiger partial charge in [0.15, 0.2) is 5.78 Å². The van der Waals surface area contributed by atoms with Crippen LogP contribution >= 0.6 is 0 Å². The van der Waals surface area contributed by atoms with E-state index in [1.165, 1.54) is 19.1 Å². The van der Waals surface area contributed by atoms with Gasteiger partial charge in [-0.25, -0.2) is 4.39 Å². The Balaban J connectivity index is 4.05. The summed E-state index contributed by atoms with van der Waals surface area (Å²) in [6.45, 7) is 3.16. The maximum absolute atomic E-state index is 12.5. The number of carbonyl (C=O) groups excluding carboxylic acids is 1. The van der Waals surface area contributed by atoms with Gasteiger partial charge in [0, 0.05) is 0 Å². The Bertz CT molecular complexity index is 212. The molecule has 0 aromatic heterocycles. The maximum Gasteiger partial charge on any atom is 0.152 e. The molecule has 0 N–H and O–H groups in total. The minimum Gasteiger partial charge on any atom is -0.295 e. The molecule has 0 spiro atoms. The molecule has 0 heterocycles. The third-order valence-electron chi connectivity index (χ3n) is 0.925. The highest BCUT2D eigenvalue weighted by Gasteiger charge is 1.85. The summed E-state index contributed by atoms with van der Waals surface area (Å²) in [6, 6.07) is 0. The SMILES string of the molecule is C\C=C/C=C(F)\C=C\C(C)=O. The Morgan fingerprint density at radius 2 is 2.00 bits per heavy atom. The van der Waals surface area contributed by atoms with E-state index in [-0.39, 0.29) is 5.78 Å². The lowest BCUT2D eigenvalue weighted by atomic mass is 10.3. The smallest absolute Gasteiger partial charge is 0.152 e. The lowest BCUT2D eigenvalue weighted by molar-refractivity contribution is -0.112. The molecule has 1 nitrogen and oxygen atoms in total. The first-order valence-electron chi connectivity index (χ1n) is 3.34. The number of halogens is 1. The molecule has 11 heavy (non-hydrogen) atoms. The van der Waals surface area contributed by atoms with Crippen molar-refractivity contribution in [2.75, 3.05) is 0 Å². The number of allylic oxidation sites excluding steroid dienone is 6. The maximum atomic E-state index is 12.5. The topological polar surface area (TPSA) is 17.1 Å². The molecule has 0 bridgehead atoms. The van der Waals surface area contributed by atoms with E-state index in [4.69, 9.17) is 0 Å². The van der Waals surface area contributed by atoms with Crippen LogP contribution in [-0.4, -0.2) is 5.78 Å². The zero-order valence-electron chi connectivity index (χ0n) is 6.67. The summed E-state index contributed by atoms with van der Waals surface area (Å²) in [6.07, 6.45) is 6.90. The van der Waals surface area contributed by atoms with Gasteiger partial charge in [0.05, 0.1) is 0 Å². The zero-order chi connectivity index (χ0) is 8.69. The Labute approximate surface area is 65.9 Å². The van der Waals surface area contributed by atoms with Crippen LogP contribution in [0.4, 0.5) is 4.39 Å². The molecule has 0 fully saturated rings. The molecule has 0 atom stereocenters. The predicted molar refractivity (Wildman–Crippen MR) is 43.8 cm³/mol. The molecule has 0 aliphatic rings. The normalized spacial score (nSPS) is 13.2. The van der Waals surface area contributed by atoms with E-state index >= 15 is 0 Å². The Morgan fingerprint density at radius 3 is 2.45 bits per heavy atom. The van der Waals surface area contributed by atoms with Gasteiger partial charge in [-0.3, -0.25) is 4.79 Å². The monoisotopic (exact) mass is 154 g/mol. The zero-order valence-corrected chi connectivity index (χ0v) is 6.67. The first-order valence-corrected chi connectivity index (χ1v) is 3.34. The second-order valence-corrected chi connectivity index (χ2v) is 2.02. The van der Waals surface area contributed by atoms with Crippen molar-refractivity contribution in [1.29, 1.82) is 0 Å². The molecule has 0 aliphatic heterocycles. The highest BCUT2D eigenvalue weighted by atomic mass is 19.1. The number of hydrogen-bond acceptors (Lipinski definition) is 1. The summed E-state index contributed by atoms with van der Waals surface area (Å²) in [4.78, 5) is 10.3. The molecule has 0 radical (unpaired) electrons. The van der Waals surface area contributed by atoms with Crippen LogP contribution in [0.25, 0.3) is 0 Å². The van der Waals surface area contributed by atoms with E-state index in [0.29, 0.717) is 0 Å². The van der Waals surface area contributed by atoms with Gasteiger partial charge < -0.3 is 0 Å². The van der Waals surface area contributed by atoms with Crippen molar-refractivity contribution in [3.63, 3.8) is 0 Å². The van der Waals surface area contributed by atoms with Crippen molar-refractivity contribution in [1.82, 2.24) is 0 Å². The van der Waals surface area contributed by atoms with Crippen LogP contribution in [0.5, 0.6) is 0 Å². The summed E-state index contributed by atoms with van der Waals surface area (Å²) in [7, 11) is 0. The lowest BCUT2D eigenvalue weighted by Crippen LogP contribution is -1.79. The minimum absolute atomic E-state index is 0.158. The summed E-state index contributed by atoms with van der Waals surface area (Å²) in [5, 5.41) is 0. The minimum atomic E-state index is -0.418. The van der Waals surface area contributed by atoms with Crippen LogP contribution in [0, 0.1) is 0 Å². The summed E-state index contributed by atoms with van der Waals surface area (Å²) < 4.78 is 12.5. The molecular formula is C9H11FO. The van der Waals surface area contributed by atoms with Crippen LogP contribution < -0.4 is 0 Å². The molecule has 0 rings (SSSR count). The number of carbonyl (C=O) groups is 1. The van der Waals surface area contributed by atoms with Crippen molar-refractivity contribution in [3.8, 4) is 0 Å². The summed E-state index contributed by atoms with van der Waals surface area (Å²) in [5.41, 5.74) is 0. The van der Waals surface area contributed by atoms with Crippen molar-refractivity contribution >= 4 is 5.78 Å². The van der Waals surface area contributed by atoms with E-state index in [2.05, 4.69) is 0 Å². The number of hydrogen-bond donors (Lipinski definition) is 0. The fourth-order valence-electron chi connectivity index (χ4n) is 0.441. The first kappa shape index (κ1) is 9.82. The molecule has 0 saturated carbocycles. The van der Waals surface area contributed by atoms with Crippen LogP contribution in [0.3, 0.4) is 0 Å². The van der Waals surface area contributed by atoms with Gasteiger partial charge in [-0.05, 0) is 32.1 Å². The standard InChI is InChI=1S/C9H11FO/c1-3-4-5-9(10)7-6-8(2)11/h3-7H,1-2H3/b4-3-,7-6+,9-5+. The van der Waals surface area contributed by atoms with E-state index in [9.17, 15) is 9.18 Å². The average Bonchev–Trinajstić information content (AvgIpc) is 1.97. The second kappa shape index (κ2) is 5.59. The molecular weight excluding hydrogens is 143 g/mol. The van der Waals surface area contributed by atoms with Crippen LogP contribution in [0.2, 0.25) is 0 Å². The lowest BCUT2D eigenvalue weighted by Gasteiger charge is -1.81. The Morgan fingerprint density at radius 1 is 1.36 bits per heavy atom. The van der Waals surface area contributed by atoms with Crippen molar-refractivity contribution in [2.45, 2.75) is 13.8 Å². The van der Waals surface area contributed by atoms with Crippen molar-refractivity contribution in [3.05, 3.63) is 36.2 Å². The Kier molecular flexibility index (Phi) is 4.99. The predicted octanol–water partition coefficient (Wildman–Crippen LogP) is 2.56. The van der Waals surface area contributed by atoms with Gasteiger partial charge in [0.2, 0.25) is 0 Å². The first-order chi connectivity index (χ1) is 5.16. The average molecular weight is 154 g/mol. The van der Waals surface area contributed by atoms with Gasteiger partial charge in [-0.1, -0.05) is 12.2 Å². The second-order valence-electron chi connectivity index (χ2n) is 2.02. The van der Waals surface area contributed by atoms with Gasteiger partial charge in [-0.2, -0.15) is 0 Å². The molecule has 60 valence electrons. The third-order valence-corrected chi connectivity index (χ3v) is 0.925. The van der Waals surface area contributed by atoms with Crippen LogP contribution in [0.15, 0.2) is 36.2 Å². The van der Waals surface area contributed by atoms with Gasteiger partial charge in [-0.15, -0.1) is 0 Å². The van der Waals surface area contributed by atoms with E-state index in [0.717, 1.165) is 6.08 Å². The Hall–Kier alpha value is -1.18. The van der Waals surface area contributed by atoms with Gasteiger partial charge >= 0.3 is 0 Å². The molecule has 0 saturated heterocycles. The van der Waals surface area contributed by atoms with Gasteiger partial charge in [0.25, 0.3) is 0 Å². The molecule has 0 amide bonds. The quantitative estimate of drug-likeness (QED) is 0.451. The highest BCUT2D eigenvalue weighted by molar-refractivity contribution is 5.87. The largest absolute Gasteiger partial charge is 0.295 e. The van der Waals surface area contributed by atoms with Gasteiger partial charge in [0.1, 0.15) is 5.83 Å². The number of ketones is 1. The summed E-state index contributed by atoms with van der Waals surface area (Å²) in [5.74, 6) is -0.577.